The van der Waals surface area contributed by atoms with Crippen LogP contribution >= 0.6 is 23.1 Å². The van der Waals surface area contributed by atoms with Crippen LogP contribution in [0.5, 0.6) is 0 Å². The molecule has 1 aliphatic heterocycles. The van der Waals surface area contributed by atoms with Gasteiger partial charge in [-0.1, -0.05) is 65.9 Å². The minimum absolute atomic E-state index is 0.0611. The average Bonchev–Trinajstić information content (AvgIpc) is 3.46. The van der Waals surface area contributed by atoms with E-state index in [0.717, 1.165) is 24.0 Å². The Hall–Kier alpha value is -2.68. The van der Waals surface area contributed by atoms with Gasteiger partial charge in [-0.15, -0.1) is 11.3 Å². The molecule has 2 aromatic carbocycles. The Balaban J connectivity index is 1.26. The van der Waals surface area contributed by atoms with Gasteiger partial charge in [-0.2, -0.15) is 0 Å². The van der Waals surface area contributed by atoms with E-state index in [1.165, 1.54) is 39.6 Å². The summed E-state index contributed by atoms with van der Waals surface area (Å²) in [5.41, 5.74) is 4.72. The first-order valence-corrected chi connectivity index (χ1v) is 13.7. The van der Waals surface area contributed by atoms with E-state index >= 15 is 0 Å². The molecule has 0 bridgehead atoms. The summed E-state index contributed by atoms with van der Waals surface area (Å²) in [5.74, 6) is -0.201. The second-order valence-corrected chi connectivity index (χ2v) is 11.1. The van der Waals surface area contributed by atoms with Gasteiger partial charge in [0.15, 0.2) is 10.0 Å². The summed E-state index contributed by atoms with van der Waals surface area (Å²) in [6.07, 6.45) is 2.91. The van der Waals surface area contributed by atoms with Gasteiger partial charge in [-0.3, -0.25) is 4.79 Å². The van der Waals surface area contributed by atoms with Crippen LogP contribution < -0.4 is 0 Å². The van der Waals surface area contributed by atoms with E-state index in [9.17, 15) is 14.7 Å². The van der Waals surface area contributed by atoms with E-state index in [-0.39, 0.29) is 17.6 Å². The Morgan fingerprint density at radius 3 is 2.77 bits per heavy atom. The molecular weight excluding hydrogens is 480 g/mol. The number of aliphatic hydroxyl groups excluding tert-OH is 1. The number of carboxylic acid groups (broad SMARTS) is 1. The molecule has 8 heteroatoms. The summed E-state index contributed by atoms with van der Waals surface area (Å²) in [6.45, 7) is 2.68. The smallest absolute Gasteiger partial charge is 0.355 e. The SMILES string of the molecule is Cc1ccc(-c2cccc(C[C@H](O)CCC3CCC(=O)N3CCSc3nc(C(=O)O)cs3)c2)cc1. The summed E-state index contributed by atoms with van der Waals surface area (Å²) in [7, 11) is 0. The third-order valence-corrected chi connectivity index (χ3v) is 8.33. The number of hydrogen-bond acceptors (Lipinski definition) is 6. The number of carboxylic acids is 1. The van der Waals surface area contributed by atoms with Crippen LogP contribution in [0.4, 0.5) is 0 Å². The monoisotopic (exact) mass is 510 g/mol. The van der Waals surface area contributed by atoms with Crippen LogP contribution in [0.25, 0.3) is 11.1 Å². The molecule has 184 valence electrons. The van der Waals surface area contributed by atoms with Crippen LogP contribution in [0.15, 0.2) is 58.3 Å². The Kier molecular flexibility index (Phi) is 8.59. The second-order valence-electron chi connectivity index (χ2n) is 8.93. The molecule has 1 amide bonds. The van der Waals surface area contributed by atoms with Crippen molar-refractivity contribution in [1.29, 1.82) is 0 Å². The third kappa shape index (κ3) is 6.93. The molecule has 1 saturated heterocycles. The van der Waals surface area contributed by atoms with Gasteiger partial charge in [0.05, 0.1) is 6.10 Å². The highest BCUT2D eigenvalue weighted by Gasteiger charge is 2.30. The molecule has 1 aliphatic rings. The molecule has 0 aliphatic carbocycles. The van der Waals surface area contributed by atoms with Gasteiger partial charge in [0.25, 0.3) is 0 Å². The lowest BCUT2D eigenvalue weighted by Crippen LogP contribution is -2.35. The van der Waals surface area contributed by atoms with Crippen LogP contribution in [-0.2, 0) is 11.2 Å². The fourth-order valence-corrected chi connectivity index (χ4v) is 6.25. The summed E-state index contributed by atoms with van der Waals surface area (Å²) < 4.78 is 0.703. The molecule has 1 unspecified atom stereocenters. The highest BCUT2D eigenvalue weighted by molar-refractivity contribution is 8.01. The molecule has 3 aromatic rings. The summed E-state index contributed by atoms with van der Waals surface area (Å²) in [4.78, 5) is 29.4. The van der Waals surface area contributed by atoms with Gasteiger partial charge in [0.2, 0.25) is 5.91 Å². The number of thioether (sulfide) groups is 1. The number of aryl methyl sites for hydroxylation is 1. The third-order valence-electron chi connectivity index (χ3n) is 6.33. The quantitative estimate of drug-likeness (QED) is 0.341. The molecule has 2 atom stereocenters. The zero-order valence-electron chi connectivity index (χ0n) is 19.7. The van der Waals surface area contributed by atoms with Gasteiger partial charge in [0.1, 0.15) is 0 Å². The number of aliphatic hydroxyl groups is 1. The molecule has 2 heterocycles. The standard InChI is InChI=1S/C27H30N2O4S2/c1-18-5-7-20(8-6-18)21-4-2-3-19(15-21)16-23(30)11-9-22-10-12-25(31)29(22)13-14-34-27-28-24(17-35-27)26(32)33/h2-8,15,17,22-23,30H,9-14,16H2,1H3,(H,32,33)/t22?,23-/m1/s1. The predicted octanol–water partition coefficient (Wildman–Crippen LogP) is 5.28. The average molecular weight is 511 g/mol. The number of hydrogen-bond donors (Lipinski definition) is 2. The van der Waals surface area contributed by atoms with Gasteiger partial charge in [0, 0.05) is 30.1 Å². The lowest BCUT2D eigenvalue weighted by atomic mass is 9.97. The summed E-state index contributed by atoms with van der Waals surface area (Å²) in [6, 6.07) is 16.9. The number of thiazole rings is 1. The minimum Gasteiger partial charge on any atom is -0.476 e. The van der Waals surface area contributed by atoms with Crippen molar-refractivity contribution >= 4 is 35.0 Å². The number of nitrogens with zero attached hydrogens (tertiary/aromatic N) is 2. The van der Waals surface area contributed by atoms with Crippen molar-refractivity contribution in [1.82, 2.24) is 9.88 Å². The first-order chi connectivity index (χ1) is 16.9. The minimum atomic E-state index is -1.02. The molecule has 1 aromatic heterocycles. The highest BCUT2D eigenvalue weighted by atomic mass is 32.2. The van der Waals surface area contributed by atoms with Gasteiger partial charge in [-0.25, -0.2) is 9.78 Å². The van der Waals surface area contributed by atoms with Crippen LogP contribution in [0.2, 0.25) is 0 Å². The number of carbonyl (C=O) groups excluding carboxylic acids is 1. The van der Waals surface area contributed by atoms with Crippen molar-refractivity contribution in [3.63, 3.8) is 0 Å². The number of benzene rings is 2. The second kappa shape index (κ2) is 11.8. The maximum atomic E-state index is 12.4. The molecule has 0 radical (unpaired) electrons. The van der Waals surface area contributed by atoms with Crippen LogP contribution in [0, 0.1) is 6.92 Å². The maximum Gasteiger partial charge on any atom is 0.355 e. The topological polar surface area (TPSA) is 90.7 Å². The van der Waals surface area contributed by atoms with E-state index in [4.69, 9.17) is 5.11 Å². The van der Waals surface area contributed by atoms with E-state index in [0.29, 0.717) is 35.9 Å². The zero-order valence-corrected chi connectivity index (χ0v) is 21.4. The number of likely N-dealkylation sites (tertiary alicyclic amines) is 1. The molecule has 2 N–H and O–H groups in total. The number of carbonyl (C=O) groups is 2. The maximum absolute atomic E-state index is 12.4. The first kappa shape index (κ1) is 25.4. The van der Waals surface area contributed by atoms with Gasteiger partial charge < -0.3 is 15.1 Å². The zero-order chi connectivity index (χ0) is 24.8. The number of amides is 1. The largest absolute Gasteiger partial charge is 0.476 e. The molecule has 6 nitrogen and oxygen atoms in total. The van der Waals surface area contributed by atoms with Crippen molar-refractivity contribution in [2.45, 2.75) is 55.5 Å². The Morgan fingerprint density at radius 2 is 2.03 bits per heavy atom. The van der Waals surface area contributed by atoms with Crippen molar-refractivity contribution in [2.24, 2.45) is 0 Å². The van der Waals surface area contributed by atoms with E-state index in [2.05, 4.69) is 54.4 Å². The van der Waals surface area contributed by atoms with Crippen LogP contribution in [0.1, 0.15) is 47.3 Å². The van der Waals surface area contributed by atoms with E-state index in [1.807, 2.05) is 11.0 Å². The summed E-state index contributed by atoms with van der Waals surface area (Å²) >= 11 is 2.79. The Morgan fingerprint density at radius 1 is 1.23 bits per heavy atom. The number of aromatic carboxylic acids is 1. The Labute approximate surface area is 214 Å². The van der Waals surface area contributed by atoms with Crippen molar-refractivity contribution in [3.8, 4) is 11.1 Å². The van der Waals surface area contributed by atoms with Crippen molar-refractivity contribution in [3.05, 3.63) is 70.7 Å². The number of aromatic nitrogens is 1. The van der Waals surface area contributed by atoms with Crippen LogP contribution in [-0.4, -0.2) is 56.4 Å². The van der Waals surface area contributed by atoms with Gasteiger partial charge in [-0.05, 0) is 49.3 Å². The van der Waals surface area contributed by atoms with Crippen molar-refractivity contribution < 1.29 is 19.8 Å². The predicted molar refractivity (Wildman–Crippen MR) is 140 cm³/mol. The van der Waals surface area contributed by atoms with E-state index in [1.54, 1.807) is 0 Å². The lowest BCUT2D eigenvalue weighted by Gasteiger charge is -2.25. The molecule has 4 rings (SSSR count). The fraction of sp³-hybridized carbons (Fsp3) is 0.370. The number of rotatable bonds is 11. The van der Waals surface area contributed by atoms with Gasteiger partial charge >= 0.3 is 5.97 Å². The highest BCUT2D eigenvalue weighted by Crippen LogP contribution is 2.27. The normalized spacial score (nSPS) is 16.6. The fourth-order valence-electron chi connectivity index (χ4n) is 4.44. The molecule has 0 spiro atoms. The van der Waals surface area contributed by atoms with Crippen molar-refractivity contribution in [2.75, 3.05) is 12.3 Å². The molecular formula is C27H30N2O4S2. The molecule has 0 saturated carbocycles. The van der Waals surface area contributed by atoms with E-state index < -0.39 is 12.1 Å². The summed E-state index contributed by atoms with van der Waals surface area (Å²) in [5, 5.41) is 21.3. The molecule has 1 fully saturated rings. The lowest BCUT2D eigenvalue weighted by molar-refractivity contribution is -0.128. The first-order valence-electron chi connectivity index (χ1n) is 11.8. The van der Waals surface area contributed by atoms with Crippen LogP contribution in [0.3, 0.4) is 0 Å². The molecule has 35 heavy (non-hydrogen) atoms. The Bertz CT molecular complexity index is 1160.